The molecule has 0 unspecified atom stereocenters. The molecule has 1 aliphatic rings. The number of likely N-dealkylation sites (tertiary alicyclic amines) is 1. The molecule has 1 fully saturated rings. The van der Waals surface area contributed by atoms with Crippen molar-refractivity contribution in [3.8, 4) is 0 Å². The van der Waals surface area contributed by atoms with Crippen LogP contribution in [0.5, 0.6) is 0 Å². The molecule has 0 aliphatic carbocycles. The molecule has 0 saturated carbocycles. The zero-order chi connectivity index (χ0) is 15.2. The highest BCUT2D eigenvalue weighted by Crippen LogP contribution is 2.18. The Kier molecular flexibility index (Phi) is 6.46. The second kappa shape index (κ2) is 7.62. The van der Waals surface area contributed by atoms with Gasteiger partial charge in [-0.2, -0.15) is 0 Å². The summed E-state index contributed by atoms with van der Waals surface area (Å²) in [6.45, 7) is 10.4. The van der Waals surface area contributed by atoms with Crippen molar-refractivity contribution >= 4 is 11.9 Å². The molecule has 5 heteroatoms. The van der Waals surface area contributed by atoms with Crippen LogP contribution < -0.4 is 5.32 Å². The Morgan fingerprint density at radius 3 is 2.35 bits per heavy atom. The van der Waals surface area contributed by atoms with E-state index in [0.717, 1.165) is 32.4 Å². The first-order valence-corrected chi connectivity index (χ1v) is 7.58. The number of carbonyl (C=O) groups excluding carboxylic acids is 2. The van der Waals surface area contributed by atoms with Crippen molar-refractivity contribution in [3.63, 3.8) is 0 Å². The summed E-state index contributed by atoms with van der Waals surface area (Å²) in [5.74, 6) is -0.0310. The summed E-state index contributed by atoms with van der Waals surface area (Å²) in [5.41, 5.74) is -0.152. The van der Waals surface area contributed by atoms with Gasteiger partial charge in [0.05, 0.1) is 19.1 Å². The minimum absolute atomic E-state index is 0.00124. The summed E-state index contributed by atoms with van der Waals surface area (Å²) in [7, 11) is 0. The molecule has 0 aromatic rings. The van der Waals surface area contributed by atoms with Crippen molar-refractivity contribution in [2.75, 3.05) is 26.2 Å². The van der Waals surface area contributed by atoms with Crippen LogP contribution >= 0.6 is 0 Å². The highest BCUT2D eigenvalue weighted by molar-refractivity contribution is 5.79. The molecule has 1 amide bonds. The molecule has 5 nitrogen and oxygen atoms in total. The lowest BCUT2D eigenvalue weighted by molar-refractivity contribution is -0.149. The van der Waals surface area contributed by atoms with Gasteiger partial charge in [-0.15, -0.1) is 0 Å². The van der Waals surface area contributed by atoms with Crippen molar-refractivity contribution in [1.82, 2.24) is 10.2 Å². The second-order valence-corrected chi connectivity index (χ2v) is 6.09. The van der Waals surface area contributed by atoms with E-state index in [1.54, 1.807) is 0 Å². The Labute approximate surface area is 122 Å². The fourth-order valence-electron chi connectivity index (χ4n) is 2.30. The monoisotopic (exact) mass is 284 g/mol. The van der Waals surface area contributed by atoms with E-state index in [0.29, 0.717) is 13.2 Å². The van der Waals surface area contributed by atoms with E-state index in [9.17, 15) is 9.59 Å². The van der Waals surface area contributed by atoms with Crippen LogP contribution in [0, 0.1) is 5.92 Å². The number of esters is 1. The number of ether oxygens (including phenoxy) is 1. The van der Waals surface area contributed by atoms with Gasteiger partial charge in [0.15, 0.2) is 0 Å². The van der Waals surface area contributed by atoms with E-state index >= 15 is 0 Å². The van der Waals surface area contributed by atoms with Gasteiger partial charge in [0.2, 0.25) is 5.91 Å². The van der Waals surface area contributed by atoms with E-state index in [1.807, 2.05) is 20.8 Å². The summed E-state index contributed by atoms with van der Waals surface area (Å²) in [5, 5.41) is 3.04. The number of amides is 1. The van der Waals surface area contributed by atoms with Gasteiger partial charge in [-0.1, -0.05) is 6.92 Å². The predicted molar refractivity (Wildman–Crippen MR) is 78.3 cm³/mol. The molecule has 1 aliphatic heterocycles. The van der Waals surface area contributed by atoms with Crippen molar-refractivity contribution in [3.05, 3.63) is 0 Å². The van der Waals surface area contributed by atoms with Gasteiger partial charge in [0.1, 0.15) is 0 Å². The number of piperidine rings is 1. The number of hydrogen-bond donors (Lipinski definition) is 1. The van der Waals surface area contributed by atoms with Crippen LogP contribution in [0.4, 0.5) is 0 Å². The Morgan fingerprint density at radius 1 is 1.25 bits per heavy atom. The lowest BCUT2D eigenvalue weighted by Crippen LogP contribution is -2.49. The van der Waals surface area contributed by atoms with E-state index in [-0.39, 0.29) is 23.3 Å². The molecular formula is C15H28N2O3. The number of hydrogen-bond acceptors (Lipinski definition) is 4. The Balaban J connectivity index is 2.32. The van der Waals surface area contributed by atoms with Crippen LogP contribution in [0.3, 0.4) is 0 Å². The smallest absolute Gasteiger partial charge is 0.309 e. The molecule has 0 aromatic heterocycles. The molecule has 1 heterocycles. The number of nitrogens with one attached hydrogen (secondary N) is 1. The van der Waals surface area contributed by atoms with Crippen molar-refractivity contribution < 1.29 is 14.3 Å². The predicted octanol–water partition coefficient (Wildman–Crippen LogP) is 1.57. The SMILES string of the molecule is CCOC(=O)C1CCN(CC(=O)NC(C)(C)CC)CC1. The maximum atomic E-state index is 12.0. The Morgan fingerprint density at radius 2 is 1.85 bits per heavy atom. The van der Waals surface area contributed by atoms with E-state index in [4.69, 9.17) is 4.74 Å². The minimum Gasteiger partial charge on any atom is -0.466 e. The maximum Gasteiger partial charge on any atom is 0.309 e. The molecule has 1 rings (SSSR count). The van der Waals surface area contributed by atoms with Gasteiger partial charge < -0.3 is 10.1 Å². The van der Waals surface area contributed by atoms with Crippen molar-refractivity contribution in [2.24, 2.45) is 5.92 Å². The number of rotatable bonds is 6. The van der Waals surface area contributed by atoms with Crippen LogP contribution in [0.25, 0.3) is 0 Å². The van der Waals surface area contributed by atoms with Gasteiger partial charge in [-0.05, 0) is 53.1 Å². The second-order valence-electron chi connectivity index (χ2n) is 6.09. The zero-order valence-electron chi connectivity index (χ0n) is 13.2. The minimum atomic E-state index is -0.152. The summed E-state index contributed by atoms with van der Waals surface area (Å²) in [6, 6.07) is 0. The average molecular weight is 284 g/mol. The quantitative estimate of drug-likeness (QED) is 0.752. The third-order valence-corrected chi connectivity index (χ3v) is 3.94. The molecule has 0 bridgehead atoms. The van der Waals surface area contributed by atoms with Gasteiger partial charge in [-0.3, -0.25) is 14.5 Å². The van der Waals surface area contributed by atoms with Crippen molar-refractivity contribution in [1.29, 1.82) is 0 Å². The topological polar surface area (TPSA) is 58.6 Å². The summed E-state index contributed by atoms with van der Waals surface area (Å²) >= 11 is 0. The molecule has 0 radical (unpaired) electrons. The normalized spacial score (nSPS) is 17.8. The van der Waals surface area contributed by atoms with Crippen LogP contribution in [-0.2, 0) is 14.3 Å². The largest absolute Gasteiger partial charge is 0.466 e. The molecule has 0 spiro atoms. The Bertz CT molecular complexity index is 334. The van der Waals surface area contributed by atoms with Crippen LogP contribution in [0.1, 0.15) is 47.0 Å². The highest BCUT2D eigenvalue weighted by atomic mass is 16.5. The average Bonchev–Trinajstić information content (AvgIpc) is 2.39. The lowest BCUT2D eigenvalue weighted by atomic mass is 9.97. The first-order valence-electron chi connectivity index (χ1n) is 7.58. The van der Waals surface area contributed by atoms with Crippen LogP contribution in [0.15, 0.2) is 0 Å². The van der Waals surface area contributed by atoms with Gasteiger partial charge in [0.25, 0.3) is 0 Å². The number of carbonyl (C=O) groups is 2. The van der Waals surface area contributed by atoms with Gasteiger partial charge in [-0.25, -0.2) is 0 Å². The van der Waals surface area contributed by atoms with Crippen LogP contribution in [-0.4, -0.2) is 48.6 Å². The molecule has 0 atom stereocenters. The molecule has 1 N–H and O–H groups in total. The third-order valence-electron chi connectivity index (χ3n) is 3.94. The Hall–Kier alpha value is -1.10. The fraction of sp³-hybridized carbons (Fsp3) is 0.867. The first-order chi connectivity index (χ1) is 9.38. The van der Waals surface area contributed by atoms with Gasteiger partial charge in [0, 0.05) is 5.54 Å². The summed E-state index contributed by atoms with van der Waals surface area (Å²) < 4.78 is 5.04. The summed E-state index contributed by atoms with van der Waals surface area (Å²) in [4.78, 5) is 25.7. The lowest BCUT2D eigenvalue weighted by Gasteiger charge is -2.32. The molecule has 0 aromatic carbocycles. The highest BCUT2D eigenvalue weighted by Gasteiger charge is 2.27. The third kappa shape index (κ3) is 5.49. The molecule has 116 valence electrons. The standard InChI is InChI=1S/C15H28N2O3/c1-5-15(3,4)16-13(18)11-17-9-7-12(8-10-17)14(19)20-6-2/h12H,5-11H2,1-4H3,(H,16,18). The van der Waals surface area contributed by atoms with E-state index in [2.05, 4.69) is 17.1 Å². The van der Waals surface area contributed by atoms with E-state index < -0.39 is 0 Å². The van der Waals surface area contributed by atoms with Crippen LogP contribution in [0.2, 0.25) is 0 Å². The van der Waals surface area contributed by atoms with Crippen molar-refractivity contribution in [2.45, 2.75) is 52.5 Å². The first kappa shape index (κ1) is 17.0. The van der Waals surface area contributed by atoms with Gasteiger partial charge >= 0.3 is 5.97 Å². The number of nitrogens with zero attached hydrogens (tertiary/aromatic N) is 1. The zero-order valence-corrected chi connectivity index (χ0v) is 13.2. The molecular weight excluding hydrogens is 256 g/mol. The molecule has 20 heavy (non-hydrogen) atoms. The summed E-state index contributed by atoms with van der Waals surface area (Å²) in [6.07, 6.45) is 2.47. The maximum absolute atomic E-state index is 12.0. The molecule has 1 saturated heterocycles. The van der Waals surface area contributed by atoms with E-state index in [1.165, 1.54) is 0 Å². The fourth-order valence-corrected chi connectivity index (χ4v) is 2.30.